The normalized spacial score (nSPS) is 20.4. The van der Waals surface area contributed by atoms with Gasteiger partial charge in [-0.15, -0.1) is 24.8 Å². The molecule has 1 fully saturated rings. The number of benzene rings is 1. The van der Waals surface area contributed by atoms with Crippen LogP contribution in [0, 0.1) is 5.41 Å². The van der Waals surface area contributed by atoms with Gasteiger partial charge in [0.25, 0.3) is 5.91 Å². The van der Waals surface area contributed by atoms with E-state index >= 15 is 0 Å². The molecule has 5 nitrogen and oxygen atoms in total. The molecule has 0 spiro atoms. The number of carbonyl (C=O) groups excluding carboxylic acids is 1. The van der Waals surface area contributed by atoms with E-state index < -0.39 is 0 Å². The molecule has 27 heavy (non-hydrogen) atoms. The molecular weight excluding hydrogens is 385 g/mol. The molecule has 1 aliphatic rings. The highest BCUT2D eigenvalue weighted by molar-refractivity contribution is 5.94. The number of nitrogens with zero attached hydrogens (tertiary/aromatic N) is 2. The van der Waals surface area contributed by atoms with E-state index in [1.54, 1.807) is 4.90 Å². The van der Waals surface area contributed by atoms with E-state index in [4.69, 9.17) is 10.5 Å². The van der Waals surface area contributed by atoms with Gasteiger partial charge in [-0.05, 0) is 43.5 Å². The number of carbonyl (C=O) groups is 1. The maximum atomic E-state index is 12.6. The maximum Gasteiger partial charge on any atom is 0.253 e. The van der Waals surface area contributed by atoms with E-state index in [9.17, 15) is 4.79 Å². The van der Waals surface area contributed by atoms with Crippen molar-refractivity contribution in [2.24, 2.45) is 11.1 Å². The third-order valence-electron chi connectivity index (χ3n) is 4.67. The molecule has 2 unspecified atom stereocenters. The lowest BCUT2D eigenvalue weighted by atomic mass is 9.93. The highest BCUT2D eigenvalue weighted by Crippen LogP contribution is 2.17. The number of amides is 1. The van der Waals surface area contributed by atoms with Crippen molar-refractivity contribution in [3.05, 3.63) is 35.4 Å². The fourth-order valence-corrected chi connectivity index (χ4v) is 3.42. The molecule has 1 aromatic rings. The van der Waals surface area contributed by atoms with Gasteiger partial charge in [-0.1, -0.05) is 26.0 Å². The van der Waals surface area contributed by atoms with Crippen molar-refractivity contribution in [3.8, 4) is 0 Å². The fraction of sp³-hybridized carbons (Fsp3) is 0.650. The first-order valence-electron chi connectivity index (χ1n) is 9.12. The molecule has 156 valence electrons. The van der Waals surface area contributed by atoms with E-state index in [2.05, 4.69) is 44.7 Å². The van der Waals surface area contributed by atoms with Crippen molar-refractivity contribution in [3.63, 3.8) is 0 Å². The molecule has 0 aromatic heterocycles. The summed E-state index contributed by atoms with van der Waals surface area (Å²) in [6.07, 6.45) is 0.535. The monoisotopic (exact) mass is 419 g/mol. The van der Waals surface area contributed by atoms with Crippen LogP contribution in [-0.4, -0.2) is 61.1 Å². The molecule has 2 rings (SSSR count). The molecule has 1 aliphatic heterocycles. The first-order valence-corrected chi connectivity index (χ1v) is 9.12. The summed E-state index contributed by atoms with van der Waals surface area (Å²) < 4.78 is 5.78. The molecule has 0 aliphatic carbocycles. The molecule has 1 saturated heterocycles. The fourth-order valence-electron chi connectivity index (χ4n) is 3.42. The van der Waals surface area contributed by atoms with Gasteiger partial charge >= 0.3 is 0 Å². The van der Waals surface area contributed by atoms with Gasteiger partial charge in [0.1, 0.15) is 0 Å². The summed E-state index contributed by atoms with van der Waals surface area (Å²) in [4.78, 5) is 16.7. The molecule has 1 aromatic carbocycles. The SMILES string of the molecule is CC1CN(Cc2ccc(C(=O)N(C)CC(C)(C)CN)cc2)CC(C)O1.Cl.Cl. The Kier molecular flexibility index (Phi) is 10.9. The van der Waals surface area contributed by atoms with Crippen LogP contribution in [0.1, 0.15) is 43.6 Å². The average molecular weight is 420 g/mol. The topological polar surface area (TPSA) is 58.8 Å². The number of hydrogen-bond donors (Lipinski definition) is 1. The van der Waals surface area contributed by atoms with Crippen LogP contribution < -0.4 is 5.73 Å². The minimum atomic E-state index is -0.0753. The zero-order valence-corrected chi connectivity index (χ0v) is 18.7. The predicted octanol–water partition coefficient (Wildman–Crippen LogP) is 3.20. The highest BCUT2D eigenvalue weighted by Gasteiger charge is 2.23. The summed E-state index contributed by atoms with van der Waals surface area (Å²) in [6, 6.07) is 7.97. The Bertz CT molecular complexity index is 571. The van der Waals surface area contributed by atoms with Crippen LogP contribution in [0.25, 0.3) is 0 Å². The summed E-state index contributed by atoms with van der Waals surface area (Å²) in [6.45, 7) is 12.4. The Morgan fingerprint density at radius 2 is 1.70 bits per heavy atom. The van der Waals surface area contributed by atoms with Gasteiger partial charge in [-0.3, -0.25) is 9.69 Å². The van der Waals surface area contributed by atoms with Crippen LogP contribution in [0.4, 0.5) is 0 Å². The highest BCUT2D eigenvalue weighted by atomic mass is 35.5. The van der Waals surface area contributed by atoms with Crippen LogP contribution in [0.15, 0.2) is 24.3 Å². The average Bonchev–Trinajstić information content (AvgIpc) is 2.53. The van der Waals surface area contributed by atoms with Crippen molar-refractivity contribution < 1.29 is 9.53 Å². The van der Waals surface area contributed by atoms with Gasteiger partial charge in [-0.2, -0.15) is 0 Å². The first-order chi connectivity index (χ1) is 11.7. The Hall–Kier alpha value is -0.850. The maximum absolute atomic E-state index is 12.6. The molecule has 0 radical (unpaired) electrons. The second-order valence-electron chi connectivity index (χ2n) is 8.18. The van der Waals surface area contributed by atoms with Gasteiger partial charge in [0, 0.05) is 38.8 Å². The van der Waals surface area contributed by atoms with Crippen LogP contribution in [-0.2, 0) is 11.3 Å². The molecule has 1 heterocycles. The molecule has 0 saturated carbocycles. The number of morpholine rings is 1. The summed E-state index contributed by atoms with van der Waals surface area (Å²) in [7, 11) is 1.84. The van der Waals surface area contributed by atoms with Crippen molar-refractivity contribution in [1.29, 1.82) is 0 Å². The number of nitrogens with two attached hydrogens (primary N) is 1. The second-order valence-corrected chi connectivity index (χ2v) is 8.18. The number of halogens is 2. The van der Waals surface area contributed by atoms with E-state index in [0.717, 1.165) is 25.2 Å². The molecule has 7 heteroatoms. The quantitative estimate of drug-likeness (QED) is 0.768. The molecule has 2 N–H and O–H groups in total. The lowest BCUT2D eigenvalue weighted by Gasteiger charge is -2.35. The van der Waals surface area contributed by atoms with Crippen LogP contribution in [0.3, 0.4) is 0 Å². The summed E-state index contributed by atoms with van der Waals surface area (Å²) in [5.41, 5.74) is 7.64. The predicted molar refractivity (Wildman–Crippen MR) is 116 cm³/mol. The third-order valence-corrected chi connectivity index (χ3v) is 4.67. The summed E-state index contributed by atoms with van der Waals surface area (Å²) in [5.74, 6) is 0.0432. The van der Waals surface area contributed by atoms with Crippen molar-refractivity contribution in [2.75, 3.05) is 33.2 Å². The first kappa shape index (κ1) is 26.1. The van der Waals surface area contributed by atoms with Gasteiger partial charge in [0.2, 0.25) is 0 Å². The second kappa shape index (κ2) is 11.2. The number of hydrogen-bond acceptors (Lipinski definition) is 4. The van der Waals surface area contributed by atoms with Crippen LogP contribution in [0.2, 0.25) is 0 Å². The Morgan fingerprint density at radius 3 is 2.19 bits per heavy atom. The number of ether oxygens (including phenoxy) is 1. The molecule has 2 atom stereocenters. The van der Waals surface area contributed by atoms with E-state index in [1.807, 2.05) is 19.2 Å². The summed E-state index contributed by atoms with van der Waals surface area (Å²) >= 11 is 0. The standard InChI is InChI=1S/C20H33N3O2.2ClH/c1-15-10-23(11-16(2)25-15)12-17-6-8-18(9-7-17)19(24)22(5)14-20(3,4)13-21;;/h6-9,15-16H,10-14,21H2,1-5H3;2*1H. The molecule has 0 bridgehead atoms. The van der Waals surface area contributed by atoms with Crippen LogP contribution in [0.5, 0.6) is 0 Å². The van der Waals surface area contributed by atoms with Gasteiger partial charge in [0.05, 0.1) is 12.2 Å². The zero-order chi connectivity index (χ0) is 18.6. The minimum absolute atomic E-state index is 0. The molecular formula is C20H35Cl2N3O2. The number of rotatable bonds is 6. The van der Waals surface area contributed by atoms with Crippen molar-refractivity contribution in [1.82, 2.24) is 9.80 Å². The largest absolute Gasteiger partial charge is 0.373 e. The Morgan fingerprint density at radius 1 is 1.19 bits per heavy atom. The van der Waals surface area contributed by atoms with E-state index in [1.165, 1.54) is 5.56 Å². The lowest BCUT2D eigenvalue weighted by Crippen LogP contribution is -2.44. The smallest absolute Gasteiger partial charge is 0.253 e. The Balaban J connectivity index is 0.00000338. The van der Waals surface area contributed by atoms with Crippen molar-refractivity contribution >= 4 is 30.7 Å². The lowest BCUT2D eigenvalue weighted by molar-refractivity contribution is -0.0704. The third kappa shape index (κ3) is 7.96. The molecule has 1 amide bonds. The van der Waals surface area contributed by atoms with E-state index in [0.29, 0.717) is 13.1 Å². The van der Waals surface area contributed by atoms with Gasteiger partial charge in [-0.25, -0.2) is 0 Å². The van der Waals surface area contributed by atoms with Gasteiger partial charge in [0.15, 0.2) is 0 Å². The van der Waals surface area contributed by atoms with Crippen molar-refractivity contribution in [2.45, 2.75) is 46.4 Å². The van der Waals surface area contributed by atoms with E-state index in [-0.39, 0.29) is 48.3 Å². The zero-order valence-electron chi connectivity index (χ0n) is 17.1. The summed E-state index contributed by atoms with van der Waals surface area (Å²) in [5, 5.41) is 0. The van der Waals surface area contributed by atoms with Crippen LogP contribution >= 0.6 is 24.8 Å². The minimum Gasteiger partial charge on any atom is -0.373 e. The van der Waals surface area contributed by atoms with Gasteiger partial charge < -0.3 is 15.4 Å². The Labute approximate surface area is 176 Å².